The normalized spacial score (nSPS) is 23.9. The molecule has 0 aromatic carbocycles. The number of hydrogen-bond donors (Lipinski definition) is 2. The van der Waals surface area contributed by atoms with Crippen molar-refractivity contribution in [1.29, 1.82) is 0 Å². The predicted octanol–water partition coefficient (Wildman–Crippen LogP) is 5.00. The molecule has 2 N–H and O–H groups in total. The van der Waals surface area contributed by atoms with Gasteiger partial charge in [-0.15, -0.1) is 0 Å². The van der Waals surface area contributed by atoms with Gasteiger partial charge in [0.05, 0.1) is 18.8 Å². The van der Waals surface area contributed by atoms with Crippen LogP contribution in [0.5, 0.6) is 0 Å². The second-order valence-electron chi connectivity index (χ2n) is 8.05. The Hall–Kier alpha value is -0.610. The van der Waals surface area contributed by atoms with Gasteiger partial charge < -0.3 is 14.9 Å². The summed E-state index contributed by atoms with van der Waals surface area (Å²) >= 11 is 0. The molecule has 0 aliphatic heterocycles. The van der Waals surface area contributed by atoms with Crippen LogP contribution in [0.15, 0.2) is 0 Å². The zero-order valence-corrected chi connectivity index (χ0v) is 17.1. The van der Waals surface area contributed by atoms with Gasteiger partial charge in [0, 0.05) is 6.42 Å². The van der Waals surface area contributed by atoms with E-state index < -0.39 is 0 Å². The Balaban J connectivity index is 2.15. The number of unbranched alkanes of at least 4 members (excludes halogenated alkanes) is 5. The molecule has 0 aromatic heterocycles. The number of carbonyl (C=O) groups excluding carboxylic acids is 1. The van der Waals surface area contributed by atoms with E-state index in [-0.39, 0.29) is 18.2 Å². The van der Waals surface area contributed by atoms with Crippen molar-refractivity contribution >= 4 is 5.97 Å². The van der Waals surface area contributed by atoms with Crippen LogP contribution >= 0.6 is 0 Å². The van der Waals surface area contributed by atoms with E-state index in [1.54, 1.807) is 0 Å². The summed E-state index contributed by atoms with van der Waals surface area (Å²) in [5.74, 6) is 0.893. The number of aliphatic hydroxyl groups is 2. The Morgan fingerprint density at radius 3 is 2.50 bits per heavy atom. The van der Waals surface area contributed by atoms with Crippen LogP contribution in [-0.2, 0) is 9.53 Å². The van der Waals surface area contributed by atoms with Crippen molar-refractivity contribution in [3.05, 3.63) is 0 Å². The summed E-state index contributed by atoms with van der Waals surface area (Å²) in [6, 6.07) is 0. The van der Waals surface area contributed by atoms with Gasteiger partial charge in [-0.25, -0.2) is 0 Å². The van der Waals surface area contributed by atoms with E-state index in [0.717, 1.165) is 70.6 Å². The van der Waals surface area contributed by atoms with E-state index in [1.165, 1.54) is 12.8 Å². The van der Waals surface area contributed by atoms with Crippen LogP contribution in [0.1, 0.15) is 104 Å². The molecule has 0 amide bonds. The first-order valence-electron chi connectivity index (χ1n) is 11.1. The second kappa shape index (κ2) is 14.4. The predicted molar refractivity (Wildman–Crippen MR) is 106 cm³/mol. The first-order chi connectivity index (χ1) is 12.6. The van der Waals surface area contributed by atoms with Crippen molar-refractivity contribution in [3.63, 3.8) is 0 Å². The molecule has 154 valence electrons. The van der Waals surface area contributed by atoms with Crippen molar-refractivity contribution in [2.45, 2.75) is 116 Å². The van der Waals surface area contributed by atoms with Gasteiger partial charge in [0.1, 0.15) is 0 Å². The number of hydrogen-bond acceptors (Lipinski definition) is 4. The fourth-order valence-electron chi connectivity index (χ4n) is 4.33. The molecule has 4 heteroatoms. The molecule has 4 atom stereocenters. The van der Waals surface area contributed by atoms with Crippen LogP contribution in [0.25, 0.3) is 0 Å². The molecule has 1 rings (SSSR count). The summed E-state index contributed by atoms with van der Waals surface area (Å²) in [6.07, 6.45) is 13.9. The highest BCUT2D eigenvalue weighted by molar-refractivity contribution is 5.69. The molecule has 1 fully saturated rings. The van der Waals surface area contributed by atoms with Gasteiger partial charge in [0.25, 0.3) is 0 Å². The van der Waals surface area contributed by atoms with E-state index in [2.05, 4.69) is 6.92 Å². The zero-order valence-electron chi connectivity index (χ0n) is 17.1. The zero-order chi connectivity index (χ0) is 19.2. The van der Waals surface area contributed by atoms with Gasteiger partial charge in [-0.3, -0.25) is 4.79 Å². The molecule has 1 aliphatic carbocycles. The van der Waals surface area contributed by atoms with Gasteiger partial charge in [-0.05, 0) is 63.7 Å². The Labute approximate surface area is 160 Å². The lowest BCUT2D eigenvalue weighted by molar-refractivity contribution is -0.143. The van der Waals surface area contributed by atoms with Crippen LogP contribution in [0.4, 0.5) is 0 Å². The molecule has 0 spiro atoms. The maximum absolute atomic E-state index is 11.3. The molecule has 4 nitrogen and oxygen atoms in total. The van der Waals surface area contributed by atoms with E-state index >= 15 is 0 Å². The molecule has 0 saturated heterocycles. The third kappa shape index (κ3) is 9.91. The fraction of sp³-hybridized carbons (Fsp3) is 0.955. The Morgan fingerprint density at radius 1 is 1.00 bits per heavy atom. The summed E-state index contributed by atoms with van der Waals surface area (Å²) in [4.78, 5) is 11.3. The lowest BCUT2D eigenvalue weighted by Crippen LogP contribution is -2.20. The smallest absolute Gasteiger partial charge is 0.305 e. The SMILES string of the molecule is CCCCCC(O)CCC1CCC(O)C1CCCCCCC(=O)OCC. The maximum Gasteiger partial charge on any atom is 0.305 e. The van der Waals surface area contributed by atoms with Crippen molar-refractivity contribution in [3.8, 4) is 0 Å². The monoisotopic (exact) mass is 370 g/mol. The number of esters is 1. The summed E-state index contributed by atoms with van der Waals surface area (Å²) < 4.78 is 4.94. The van der Waals surface area contributed by atoms with Crippen LogP contribution in [0.3, 0.4) is 0 Å². The van der Waals surface area contributed by atoms with Crippen LogP contribution in [0, 0.1) is 11.8 Å². The summed E-state index contributed by atoms with van der Waals surface area (Å²) in [7, 11) is 0. The minimum atomic E-state index is -0.164. The number of carbonyl (C=O) groups is 1. The highest BCUT2D eigenvalue weighted by Crippen LogP contribution is 2.39. The molecule has 1 aliphatic rings. The number of aliphatic hydroxyl groups excluding tert-OH is 2. The fourth-order valence-corrected chi connectivity index (χ4v) is 4.33. The van der Waals surface area contributed by atoms with E-state index in [4.69, 9.17) is 4.74 Å². The Bertz CT molecular complexity index is 358. The van der Waals surface area contributed by atoms with E-state index in [9.17, 15) is 15.0 Å². The first kappa shape index (κ1) is 23.4. The molecule has 0 bridgehead atoms. The summed E-state index contributed by atoms with van der Waals surface area (Å²) in [6.45, 7) is 4.49. The van der Waals surface area contributed by atoms with Crippen LogP contribution in [-0.4, -0.2) is 35.0 Å². The highest BCUT2D eigenvalue weighted by Gasteiger charge is 2.34. The quantitative estimate of drug-likeness (QED) is 0.314. The minimum absolute atomic E-state index is 0.0868. The summed E-state index contributed by atoms with van der Waals surface area (Å²) in [5, 5.41) is 20.5. The molecule has 1 saturated carbocycles. The Morgan fingerprint density at radius 2 is 1.77 bits per heavy atom. The second-order valence-corrected chi connectivity index (χ2v) is 8.05. The molecular formula is C22H42O4. The van der Waals surface area contributed by atoms with Gasteiger partial charge in [0.2, 0.25) is 0 Å². The first-order valence-corrected chi connectivity index (χ1v) is 11.1. The molecule has 0 aromatic rings. The van der Waals surface area contributed by atoms with E-state index in [0.29, 0.717) is 24.9 Å². The lowest BCUT2D eigenvalue weighted by atomic mass is 9.85. The minimum Gasteiger partial charge on any atom is -0.466 e. The standard InChI is InChI=1S/C22H42O4/c1-3-5-8-11-19(23)16-14-18-15-17-21(24)20(18)12-9-6-7-10-13-22(25)26-4-2/h18-21,23-24H,3-17H2,1-2H3. The average molecular weight is 371 g/mol. The number of ether oxygens (including phenoxy) is 1. The van der Waals surface area contributed by atoms with Crippen molar-refractivity contribution in [2.75, 3.05) is 6.61 Å². The summed E-state index contributed by atoms with van der Waals surface area (Å²) in [5.41, 5.74) is 0. The van der Waals surface area contributed by atoms with Crippen LogP contribution in [0.2, 0.25) is 0 Å². The lowest BCUT2D eigenvalue weighted by Gasteiger charge is -2.23. The highest BCUT2D eigenvalue weighted by atomic mass is 16.5. The van der Waals surface area contributed by atoms with Gasteiger partial charge in [-0.2, -0.15) is 0 Å². The Kier molecular flexibility index (Phi) is 13.0. The van der Waals surface area contributed by atoms with Gasteiger partial charge in [-0.1, -0.05) is 45.4 Å². The molecule has 0 radical (unpaired) electrons. The van der Waals surface area contributed by atoms with Crippen LogP contribution < -0.4 is 0 Å². The maximum atomic E-state index is 11.3. The third-order valence-corrected chi connectivity index (χ3v) is 5.92. The molecule has 26 heavy (non-hydrogen) atoms. The molecule has 4 unspecified atom stereocenters. The van der Waals surface area contributed by atoms with Crippen molar-refractivity contribution < 1.29 is 19.7 Å². The average Bonchev–Trinajstić information content (AvgIpc) is 2.96. The molecular weight excluding hydrogens is 328 g/mol. The van der Waals surface area contributed by atoms with Gasteiger partial charge >= 0.3 is 5.97 Å². The van der Waals surface area contributed by atoms with Crippen molar-refractivity contribution in [2.24, 2.45) is 11.8 Å². The molecule has 0 heterocycles. The van der Waals surface area contributed by atoms with Gasteiger partial charge in [0.15, 0.2) is 0 Å². The topological polar surface area (TPSA) is 66.8 Å². The number of rotatable bonds is 15. The third-order valence-electron chi connectivity index (χ3n) is 5.92. The van der Waals surface area contributed by atoms with E-state index in [1.807, 2.05) is 6.92 Å². The largest absolute Gasteiger partial charge is 0.466 e. The van der Waals surface area contributed by atoms with Crippen molar-refractivity contribution in [1.82, 2.24) is 0 Å².